The molecule has 30 heavy (non-hydrogen) atoms. The Labute approximate surface area is 180 Å². The largest absolute Gasteiger partial charge is 0.256 e. The smallest absolute Gasteiger partial charge is 0.248 e. The minimum Gasteiger partial charge on any atom is -0.256 e. The molecule has 1 aromatic heterocycles. The van der Waals surface area contributed by atoms with Gasteiger partial charge in [-0.25, -0.2) is 8.78 Å². The molecule has 0 spiro atoms. The molecule has 4 rings (SSSR count). The van der Waals surface area contributed by atoms with Gasteiger partial charge in [-0.05, 0) is 59.6 Å². The van der Waals surface area contributed by atoms with Gasteiger partial charge in [-0.2, -0.15) is 0 Å². The van der Waals surface area contributed by atoms with Crippen molar-refractivity contribution in [1.29, 1.82) is 0 Å². The summed E-state index contributed by atoms with van der Waals surface area (Å²) < 4.78 is 27.1. The highest BCUT2D eigenvalue weighted by atomic mass is 19.3. The molecule has 0 unspecified atom stereocenters. The van der Waals surface area contributed by atoms with Gasteiger partial charge in [0.05, 0.1) is 5.69 Å². The van der Waals surface area contributed by atoms with Crippen LogP contribution in [0.4, 0.5) is 8.78 Å². The summed E-state index contributed by atoms with van der Waals surface area (Å²) in [6.45, 7) is 6.76. The molecule has 0 N–H and O–H groups in total. The summed E-state index contributed by atoms with van der Waals surface area (Å²) >= 11 is 0. The Morgan fingerprint density at radius 1 is 0.867 bits per heavy atom. The van der Waals surface area contributed by atoms with Crippen molar-refractivity contribution in [3.05, 3.63) is 53.7 Å². The number of aromatic nitrogens is 1. The van der Waals surface area contributed by atoms with Gasteiger partial charge in [0, 0.05) is 24.6 Å². The quantitative estimate of drug-likeness (QED) is 0.495. The zero-order chi connectivity index (χ0) is 21.4. The Bertz CT molecular complexity index is 835. The van der Waals surface area contributed by atoms with Crippen LogP contribution in [0.15, 0.2) is 42.6 Å². The van der Waals surface area contributed by atoms with Gasteiger partial charge >= 0.3 is 0 Å². The summed E-state index contributed by atoms with van der Waals surface area (Å²) in [6.07, 6.45) is 9.73. The standard InChI is InChI=1S/C27H35F2N/c1-25(2,21-13-17-27(28,29)18-14-21)23-11-12-24(30-19-23)20-7-9-22(10-8-20)26(3)15-5-4-6-16-26/h7-12,19,21H,4-6,13-18H2,1-3H3. The van der Waals surface area contributed by atoms with Crippen molar-refractivity contribution in [1.82, 2.24) is 4.98 Å². The molecule has 1 heterocycles. The first-order valence-corrected chi connectivity index (χ1v) is 11.6. The van der Waals surface area contributed by atoms with Gasteiger partial charge in [-0.3, -0.25) is 4.98 Å². The normalized spacial score (nSPS) is 22.0. The Morgan fingerprint density at radius 3 is 2.07 bits per heavy atom. The molecular formula is C27H35F2N. The molecule has 162 valence electrons. The van der Waals surface area contributed by atoms with Crippen molar-refractivity contribution in [2.45, 2.75) is 95.3 Å². The van der Waals surface area contributed by atoms with Crippen LogP contribution in [-0.4, -0.2) is 10.9 Å². The average Bonchev–Trinajstić information content (AvgIpc) is 2.74. The van der Waals surface area contributed by atoms with Gasteiger partial charge in [0.15, 0.2) is 0 Å². The van der Waals surface area contributed by atoms with E-state index in [1.54, 1.807) is 0 Å². The van der Waals surface area contributed by atoms with Crippen LogP contribution in [0.2, 0.25) is 0 Å². The third-order valence-corrected chi connectivity index (χ3v) is 8.08. The molecular weight excluding hydrogens is 376 g/mol. The van der Waals surface area contributed by atoms with Crippen molar-refractivity contribution < 1.29 is 8.78 Å². The van der Waals surface area contributed by atoms with E-state index in [4.69, 9.17) is 4.98 Å². The van der Waals surface area contributed by atoms with E-state index in [1.165, 1.54) is 37.7 Å². The first kappa shape index (κ1) is 21.5. The molecule has 0 saturated heterocycles. The van der Waals surface area contributed by atoms with Crippen LogP contribution in [0.25, 0.3) is 11.3 Å². The number of hydrogen-bond acceptors (Lipinski definition) is 1. The lowest BCUT2D eigenvalue weighted by atomic mass is 9.67. The first-order chi connectivity index (χ1) is 14.2. The molecule has 0 bridgehead atoms. The zero-order valence-corrected chi connectivity index (χ0v) is 18.7. The number of nitrogens with zero attached hydrogens (tertiary/aromatic N) is 1. The SMILES string of the molecule is CC1(c2ccc(-c3ccc(C(C)(C)C4CCC(F)(F)CC4)cn3)cc2)CCCCC1. The van der Waals surface area contributed by atoms with Gasteiger partial charge in [-0.1, -0.05) is 70.4 Å². The number of rotatable bonds is 4. The second-order valence-electron chi connectivity index (χ2n) is 10.5. The number of benzene rings is 1. The first-order valence-electron chi connectivity index (χ1n) is 11.6. The maximum atomic E-state index is 13.6. The van der Waals surface area contributed by atoms with Crippen LogP contribution in [0.3, 0.4) is 0 Å². The van der Waals surface area contributed by atoms with E-state index in [1.807, 2.05) is 6.20 Å². The molecule has 0 atom stereocenters. The van der Waals surface area contributed by atoms with Gasteiger partial charge in [0.1, 0.15) is 0 Å². The van der Waals surface area contributed by atoms with Crippen molar-refractivity contribution in [3.8, 4) is 11.3 Å². The lowest BCUT2D eigenvalue weighted by Crippen LogP contribution is -2.35. The minimum atomic E-state index is -2.48. The van der Waals surface area contributed by atoms with E-state index in [9.17, 15) is 8.78 Å². The van der Waals surface area contributed by atoms with Crippen LogP contribution >= 0.6 is 0 Å². The summed E-state index contributed by atoms with van der Waals surface area (Å²) in [4.78, 5) is 4.75. The highest BCUT2D eigenvalue weighted by molar-refractivity contribution is 5.60. The molecule has 2 aliphatic carbocycles. The number of pyridine rings is 1. The molecule has 1 aromatic carbocycles. The highest BCUT2D eigenvalue weighted by Gasteiger charge is 2.41. The summed E-state index contributed by atoms with van der Waals surface area (Å²) in [5, 5.41) is 0. The molecule has 2 aliphatic rings. The van der Waals surface area contributed by atoms with E-state index < -0.39 is 5.92 Å². The molecule has 0 amide bonds. The monoisotopic (exact) mass is 411 g/mol. The molecule has 2 aromatic rings. The van der Waals surface area contributed by atoms with E-state index >= 15 is 0 Å². The fraction of sp³-hybridized carbons (Fsp3) is 0.593. The van der Waals surface area contributed by atoms with Crippen LogP contribution in [0.5, 0.6) is 0 Å². The second-order valence-corrected chi connectivity index (χ2v) is 10.5. The van der Waals surface area contributed by atoms with E-state index in [0.717, 1.165) is 16.8 Å². The third kappa shape index (κ3) is 4.31. The van der Waals surface area contributed by atoms with Crippen molar-refractivity contribution in [3.63, 3.8) is 0 Å². The molecule has 1 nitrogen and oxygen atoms in total. The third-order valence-electron chi connectivity index (χ3n) is 8.08. The molecule has 2 saturated carbocycles. The maximum Gasteiger partial charge on any atom is 0.248 e. The van der Waals surface area contributed by atoms with Crippen LogP contribution in [0.1, 0.15) is 89.7 Å². The molecule has 3 heteroatoms. The summed E-state index contributed by atoms with van der Waals surface area (Å²) in [5.74, 6) is -2.20. The van der Waals surface area contributed by atoms with Crippen molar-refractivity contribution >= 4 is 0 Å². The lowest BCUT2D eigenvalue weighted by Gasteiger charge is -2.39. The fourth-order valence-electron chi connectivity index (χ4n) is 5.61. The van der Waals surface area contributed by atoms with E-state index in [2.05, 4.69) is 57.2 Å². The van der Waals surface area contributed by atoms with Crippen LogP contribution < -0.4 is 0 Å². The minimum absolute atomic E-state index is 0.0118. The Balaban J connectivity index is 1.48. The Morgan fingerprint density at radius 2 is 1.50 bits per heavy atom. The van der Waals surface area contributed by atoms with Gasteiger partial charge < -0.3 is 0 Å². The second kappa shape index (κ2) is 8.05. The Kier molecular flexibility index (Phi) is 5.76. The van der Waals surface area contributed by atoms with Crippen LogP contribution in [-0.2, 0) is 10.8 Å². The Hall–Kier alpha value is -1.77. The summed E-state index contributed by atoms with van der Waals surface area (Å²) in [5.41, 5.74) is 4.88. The predicted octanol–water partition coefficient (Wildman–Crippen LogP) is 8.07. The predicted molar refractivity (Wildman–Crippen MR) is 120 cm³/mol. The summed E-state index contributed by atoms with van der Waals surface area (Å²) in [6, 6.07) is 13.2. The van der Waals surface area contributed by atoms with E-state index in [-0.39, 0.29) is 24.2 Å². The number of alkyl halides is 2. The van der Waals surface area contributed by atoms with Gasteiger partial charge in [-0.15, -0.1) is 0 Å². The van der Waals surface area contributed by atoms with Crippen LogP contribution in [0, 0.1) is 5.92 Å². The molecule has 2 fully saturated rings. The van der Waals surface area contributed by atoms with Crippen molar-refractivity contribution in [2.24, 2.45) is 5.92 Å². The molecule has 0 aliphatic heterocycles. The van der Waals surface area contributed by atoms with E-state index in [0.29, 0.717) is 18.3 Å². The lowest BCUT2D eigenvalue weighted by molar-refractivity contribution is -0.0532. The average molecular weight is 412 g/mol. The fourth-order valence-corrected chi connectivity index (χ4v) is 5.61. The maximum absolute atomic E-state index is 13.6. The van der Waals surface area contributed by atoms with Gasteiger partial charge in [0.25, 0.3) is 0 Å². The molecule has 0 radical (unpaired) electrons. The highest BCUT2D eigenvalue weighted by Crippen LogP contribution is 2.45. The zero-order valence-electron chi connectivity index (χ0n) is 18.7. The topological polar surface area (TPSA) is 12.9 Å². The number of hydrogen-bond donors (Lipinski definition) is 0. The van der Waals surface area contributed by atoms with Gasteiger partial charge in [0.2, 0.25) is 5.92 Å². The van der Waals surface area contributed by atoms with Crippen molar-refractivity contribution in [2.75, 3.05) is 0 Å². The number of halogens is 2. The summed E-state index contributed by atoms with van der Waals surface area (Å²) in [7, 11) is 0.